The number of hydrogen-bond donors (Lipinski definition) is 0. The molecule has 0 bridgehead atoms. The largest absolute Gasteiger partial charge is 0.299 e. The lowest BCUT2D eigenvalue weighted by Crippen LogP contribution is -2.40. The molecule has 0 aliphatic carbocycles. The van der Waals surface area contributed by atoms with Crippen molar-refractivity contribution in [1.29, 1.82) is 0 Å². The van der Waals surface area contributed by atoms with E-state index in [9.17, 15) is 13.2 Å². The maximum absolute atomic E-state index is 13.0. The van der Waals surface area contributed by atoms with Gasteiger partial charge < -0.3 is 0 Å². The molecule has 0 saturated carbocycles. The first-order valence-corrected chi connectivity index (χ1v) is 12.7. The summed E-state index contributed by atoms with van der Waals surface area (Å²) in [7, 11) is -1.65. The molecule has 0 unspecified atom stereocenters. The Morgan fingerprint density at radius 1 is 1.00 bits per heavy atom. The van der Waals surface area contributed by atoms with Gasteiger partial charge in [0.05, 0.1) is 22.8 Å². The zero-order chi connectivity index (χ0) is 23.7. The zero-order valence-electron chi connectivity index (χ0n) is 18.8. The van der Waals surface area contributed by atoms with Gasteiger partial charge in [-0.15, -0.1) is 0 Å². The minimum absolute atomic E-state index is 0.0972. The molecule has 1 fully saturated rings. The Labute approximate surface area is 198 Å². The molecule has 1 aliphatic rings. The molecule has 8 nitrogen and oxygen atoms in total. The van der Waals surface area contributed by atoms with Gasteiger partial charge in [-0.2, -0.15) is 9.40 Å². The van der Waals surface area contributed by atoms with Crippen molar-refractivity contribution < 1.29 is 13.2 Å². The van der Waals surface area contributed by atoms with Gasteiger partial charge in [0, 0.05) is 67.1 Å². The van der Waals surface area contributed by atoms with Gasteiger partial charge in [-0.25, -0.2) is 8.42 Å². The second-order valence-electron chi connectivity index (χ2n) is 8.63. The third-order valence-electron chi connectivity index (χ3n) is 6.31. The number of benzene rings is 1. The summed E-state index contributed by atoms with van der Waals surface area (Å²) in [5.74, 6) is -0.0699. The van der Waals surface area contributed by atoms with Crippen LogP contribution in [0.1, 0.15) is 18.5 Å². The minimum atomic E-state index is -3.52. The third-order valence-corrected chi connectivity index (χ3v) is 8.22. The van der Waals surface area contributed by atoms with E-state index in [4.69, 9.17) is 0 Å². The number of ketones is 1. The Kier molecular flexibility index (Phi) is 5.97. The van der Waals surface area contributed by atoms with Crippen molar-refractivity contribution in [3.63, 3.8) is 0 Å². The molecular formula is C25H25N5O3S. The highest BCUT2D eigenvalue weighted by Crippen LogP contribution is 2.26. The van der Waals surface area contributed by atoms with Crippen molar-refractivity contribution in [3.05, 3.63) is 72.9 Å². The fourth-order valence-corrected chi connectivity index (χ4v) is 5.87. The molecule has 5 rings (SSSR count). The fourth-order valence-electron chi connectivity index (χ4n) is 4.38. The topological polar surface area (TPSA) is 98.0 Å². The molecule has 0 N–H and O–H groups in total. The molecule has 4 aromatic rings. The number of sulfonamides is 1. The molecule has 3 aromatic heterocycles. The maximum atomic E-state index is 13.0. The van der Waals surface area contributed by atoms with Crippen molar-refractivity contribution in [2.45, 2.75) is 24.2 Å². The molecule has 34 heavy (non-hydrogen) atoms. The van der Waals surface area contributed by atoms with Gasteiger partial charge >= 0.3 is 0 Å². The van der Waals surface area contributed by atoms with E-state index in [1.54, 1.807) is 53.6 Å². The Morgan fingerprint density at radius 3 is 2.47 bits per heavy atom. The molecule has 0 atom stereocenters. The average Bonchev–Trinajstić information content (AvgIpc) is 3.30. The van der Waals surface area contributed by atoms with Gasteiger partial charge in [-0.05, 0) is 37.1 Å². The Balaban J connectivity index is 1.26. The number of pyridine rings is 2. The average molecular weight is 476 g/mol. The van der Waals surface area contributed by atoms with Crippen LogP contribution in [0.5, 0.6) is 0 Å². The SMILES string of the molecule is Cn1cc(-c2cnc3cnc(CC(=O)C4CCN(S(=O)(=O)c5ccccc5)CC4)cc3c2)cn1. The van der Waals surface area contributed by atoms with E-state index in [1.807, 2.05) is 25.4 Å². The normalized spacial score (nSPS) is 15.6. The first-order valence-electron chi connectivity index (χ1n) is 11.2. The van der Waals surface area contributed by atoms with Crippen molar-refractivity contribution in [2.75, 3.05) is 13.1 Å². The lowest BCUT2D eigenvalue weighted by atomic mass is 9.91. The van der Waals surface area contributed by atoms with Crippen LogP contribution in [0, 0.1) is 5.92 Å². The van der Waals surface area contributed by atoms with E-state index in [0.29, 0.717) is 36.5 Å². The standard InChI is InChI=1S/C25H25N5O3S/c1-29-17-21(15-28-29)20-11-19-12-22(26-16-24(19)27-14-20)13-25(31)18-7-9-30(10-8-18)34(32,33)23-5-3-2-4-6-23/h2-6,11-12,14-18H,7-10,13H2,1H3. The van der Waals surface area contributed by atoms with Gasteiger partial charge in [0.25, 0.3) is 0 Å². The number of aromatic nitrogens is 4. The molecule has 0 radical (unpaired) electrons. The second-order valence-corrected chi connectivity index (χ2v) is 10.6. The monoisotopic (exact) mass is 475 g/mol. The molecule has 4 heterocycles. The molecule has 1 aromatic carbocycles. The van der Waals surface area contributed by atoms with Crippen LogP contribution in [-0.2, 0) is 28.3 Å². The summed E-state index contributed by atoms with van der Waals surface area (Å²) in [5.41, 5.74) is 3.39. The number of Topliss-reactive ketones (excluding diaryl/α,β-unsaturated/α-hetero) is 1. The highest BCUT2D eigenvalue weighted by Gasteiger charge is 2.32. The van der Waals surface area contributed by atoms with E-state index in [1.165, 1.54) is 4.31 Å². The molecule has 9 heteroatoms. The van der Waals surface area contributed by atoms with Gasteiger partial charge in [0.15, 0.2) is 0 Å². The number of carbonyl (C=O) groups is 1. The van der Waals surface area contributed by atoms with Crippen molar-refractivity contribution >= 4 is 26.7 Å². The highest BCUT2D eigenvalue weighted by molar-refractivity contribution is 7.89. The van der Waals surface area contributed by atoms with Crippen molar-refractivity contribution in [3.8, 4) is 11.1 Å². The smallest absolute Gasteiger partial charge is 0.243 e. The number of fused-ring (bicyclic) bond motifs is 1. The second kappa shape index (κ2) is 9.08. The van der Waals surface area contributed by atoms with E-state index in [0.717, 1.165) is 22.0 Å². The van der Waals surface area contributed by atoms with Gasteiger partial charge in [0.1, 0.15) is 5.78 Å². The van der Waals surface area contributed by atoms with E-state index < -0.39 is 10.0 Å². The van der Waals surface area contributed by atoms with Crippen LogP contribution in [0.4, 0.5) is 0 Å². The summed E-state index contributed by atoms with van der Waals surface area (Å²) in [6.45, 7) is 0.689. The van der Waals surface area contributed by atoms with E-state index >= 15 is 0 Å². The quantitative estimate of drug-likeness (QED) is 0.425. The highest BCUT2D eigenvalue weighted by atomic mass is 32.2. The van der Waals surface area contributed by atoms with Crippen molar-refractivity contribution in [1.82, 2.24) is 24.1 Å². The molecule has 0 spiro atoms. The summed E-state index contributed by atoms with van der Waals surface area (Å²) >= 11 is 0. The van der Waals surface area contributed by atoms with Crippen LogP contribution in [0.2, 0.25) is 0 Å². The fraction of sp³-hybridized carbons (Fsp3) is 0.280. The minimum Gasteiger partial charge on any atom is -0.299 e. The van der Waals surface area contributed by atoms with E-state index in [-0.39, 0.29) is 18.1 Å². The number of rotatable bonds is 6. The summed E-state index contributed by atoms with van der Waals surface area (Å²) in [4.78, 5) is 22.2. The van der Waals surface area contributed by atoms with Crippen LogP contribution >= 0.6 is 0 Å². The van der Waals surface area contributed by atoms with Gasteiger partial charge in [-0.3, -0.25) is 19.4 Å². The summed E-state index contributed by atoms with van der Waals surface area (Å²) in [6, 6.07) is 12.4. The van der Waals surface area contributed by atoms with Crippen LogP contribution in [-0.4, -0.2) is 51.3 Å². The zero-order valence-corrected chi connectivity index (χ0v) is 19.6. The van der Waals surface area contributed by atoms with Crippen LogP contribution in [0.25, 0.3) is 22.0 Å². The Morgan fingerprint density at radius 2 is 1.76 bits per heavy atom. The van der Waals surface area contributed by atoms with E-state index in [2.05, 4.69) is 15.1 Å². The summed E-state index contributed by atoms with van der Waals surface area (Å²) in [5, 5.41) is 5.13. The number of piperidine rings is 1. The lowest BCUT2D eigenvalue weighted by Gasteiger charge is -2.30. The lowest BCUT2D eigenvalue weighted by molar-refractivity contribution is -0.123. The predicted octanol–water partition coefficient (Wildman–Crippen LogP) is 3.24. The maximum Gasteiger partial charge on any atom is 0.243 e. The van der Waals surface area contributed by atoms with Gasteiger partial charge in [0.2, 0.25) is 10.0 Å². The molecule has 174 valence electrons. The summed E-state index contributed by atoms with van der Waals surface area (Å²) in [6.07, 6.45) is 8.47. The Bertz CT molecular complexity index is 1440. The Hall–Kier alpha value is -3.43. The number of aryl methyl sites for hydroxylation is 1. The van der Waals surface area contributed by atoms with Crippen LogP contribution in [0.3, 0.4) is 0 Å². The number of nitrogens with zero attached hydrogens (tertiary/aromatic N) is 5. The molecule has 1 aliphatic heterocycles. The number of hydrogen-bond acceptors (Lipinski definition) is 6. The molecule has 1 saturated heterocycles. The third kappa shape index (κ3) is 4.49. The predicted molar refractivity (Wildman–Crippen MR) is 128 cm³/mol. The van der Waals surface area contributed by atoms with Crippen LogP contribution in [0.15, 0.2) is 72.1 Å². The van der Waals surface area contributed by atoms with Gasteiger partial charge in [-0.1, -0.05) is 18.2 Å². The molecular weight excluding hydrogens is 450 g/mol. The molecule has 0 amide bonds. The first kappa shape index (κ1) is 22.4. The summed E-state index contributed by atoms with van der Waals surface area (Å²) < 4.78 is 28.9. The number of carbonyl (C=O) groups excluding carboxylic acids is 1. The van der Waals surface area contributed by atoms with Crippen LogP contribution < -0.4 is 0 Å². The van der Waals surface area contributed by atoms with Crippen molar-refractivity contribution in [2.24, 2.45) is 13.0 Å². The first-order chi connectivity index (χ1) is 16.4.